The first kappa shape index (κ1) is 18.9. The number of aliphatic hydroxyl groups excluding tert-OH is 1. The van der Waals surface area contributed by atoms with Gasteiger partial charge >= 0.3 is 0 Å². The maximum atomic E-state index is 9.48. The van der Waals surface area contributed by atoms with Crippen LogP contribution in [0.3, 0.4) is 0 Å². The van der Waals surface area contributed by atoms with Crippen molar-refractivity contribution in [3.05, 3.63) is 12.2 Å². The van der Waals surface area contributed by atoms with E-state index < -0.39 is 8.32 Å². The first-order valence-corrected chi connectivity index (χ1v) is 9.71. The van der Waals surface area contributed by atoms with Gasteiger partial charge in [0.05, 0.1) is 0 Å². The third-order valence-corrected chi connectivity index (χ3v) is 10.3. The molecule has 1 N–H and O–H groups in total. The van der Waals surface area contributed by atoms with Gasteiger partial charge in [-0.1, -0.05) is 47.1 Å². The van der Waals surface area contributed by atoms with Crippen LogP contribution in [-0.4, -0.2) is 26.6 Å². The minimum atomic E-state index is -1.80. The Hall–Kier alpha value is -0.123. The summed E-state index contributed by atoms with van der Waals surface area (Å²) in [5, 5.41) is 9.48. The third-order valence-electron chi connectivity index (χ3n) is 4.17. The second-order valence-corrected chi connectivity index (χ2v) is 12.3. The number of rotatable bonds is 9. The van der Waals surface area contributed by atoms with E-state index >= 15 is 0 Å². The van der Waals surface area contributed by atoms with Gasteiger partial charge in [-0.3, -0.25) is 0 Å². The summed E-state index contributed by atoms with van der Waals surface area (Å²) in [7, 11) is -1.80. The molecule has 19 heavy (non-hydrogen) atoms. The van der Waals surface area contributed by atoms with Crippen LogP contribution in [0.15, 0.2) is 12.2 Å². The third kappa shape index (κ3) is 5.05. The van der Waals surface area contributed by atoms with Gasteiger partial charge in [-0.05, 0) is 30.0 Å². The average molecular weight is 287 g/mol. The molecule has 0 aromatic carbocycles. The molecule has 3 heteroatoms. The molecule has 2 nitrogen and oxygen atoms in total. The molecule has 0 spiro atoms. The molecule has 114 valence electrons. The highest BCUT2D eigenvalue weighted by Crippen LogP contribution is 2.42. The van der Waals surface area contributed by atoms with Crippen molar-refractivity contribution in [3.63, 3.8) is 0 Å². The van der Waals surface area contributed by atoms with E-state index in [1.165, 1.54) is 0 Å². The topological polar surface area (TPSA) is 29.5 Å². The van der Waals surface area contributed by atoms with Crippen LogP contribution in [0.5, 0.6) is 0 Å². The zero-order chi connectivity index (χ0) is 15.2. The molecule has 0 aromatic heterocycles. The van der Waals surface area contributed by atoms with E-state index in [9.17, 15) is 5.11 Å². The summed E-state index contributed by atoms with van der Waals surface area (Å²) in [4.78, 5) is 0. The van der Waals surface area contributed by atoms with Gasteiger partial charge in [0.25, 0.3) is 0 Å². The largest absolute Gasteiger partial charge is 0.416 e. The summed E-state index contributed by atoms with van der Waals surface area (Å²) in [6, 6.07) is 0. The van der Waals surface area contributed by atoms with Crippen LogP contribution in [0.25, 0.3) is 0 Å². The lowest BCUT2D eigenvalue weighted by molar-refractivity contribution is 0.150. The number of aliphatic hydroxyl groups is 1. The summed E-state index contributed by atoms with van der Waals surface area (Å²) in [5.41, 5.74) is 2.90. The Morgan fingerprint density at radius 1 is 1.05 bits per heavy atom. The first-order valence-electron chi connectivity index (χ1n) is 7.57. The minimum absolute atomic E-state index is 0.186. The van der Waals surface area contributed by atoms with Crippen LogP contribution in [0.4, 0.5) is 0 Å². The van der Waals surface area contributed by atoms with Gasteiger partial charge in [0.2, 0.25) is 0 Å². The van der Waals surface area contributed by atoms with E-state index in [1.54, 1.807) is 0 Å². The molecule has 0 aliphatic carbocycles. The van der Waals surface area contributed by atoms with Gasteiger partial charge in [0.15, 0.2) is 8.32 Å². The van der Waals surface area contributed by atoms with Gasteiger partial charge in [0, 0.05) is 19.1 Å². The van der Waals surface area contributed by atoms with Gasteiger partial charge in [-0.2, -0.15) is 0 Å². The first-order chi connectivity index (χ1) is 8.68. The lowest BCUT2D eigenvalue weighted by Crippen LogP contribution is -2.48. The molecule has 0 heterocycles. The lowest BCUT2D eigenvalue weighted by Gasteiger charge is -2.43. The van der Waals surface area contributed by atoms with Crippen LogP contribution >= 0.6 is 0 Å². The van der Waals surface area contributed by atoms with Crippen LogP contribution in [0, 0.1) is 5.92 Å². The van der Waals surface area contributed by atoms with Crippen molar-refractivity contribution in [2.45, 2.75) is 71.5 Å². The van der Waals surface area contributed by atoms with Crippen molar-refractivity contribution in [3.8, 4) is 0 Å². The van der Waals surface area contributed by atoms with Gasteiger partial charge in [-0.25, -0.2) is 0 Å². The van der Waals surface area contributed by atoms with Crippen molar-refractivity contribution < 1.29 is 9.53 Å². The second-order valence-electron chi connectivity index (χ2n) is 6.84. The van der Waals surface area contributed by atoms with E-state index in [4.69, 9.17) is 4.43 Å². The fourth-order valence-corrected chi connectivity index (χ4v) is 8.96. The van der Waals surface area contributed by atoms with Gasteiger partial charge in [-0.15, -0.1) is 6.58 Å². The fraction of sp³-hybridized carbons (Fsp3) is 0.875. The maximum absolute atomic E-state index is 9.48. The average Bonchev–Trinajstić information content (AvgIpc) is 2.26. The number of hydrogen-bond donors (Lipinski definition) is 1. The SMILES string of the molecule is C=C(C)CC(CO)CO[Si](C(C)C)(C(C)C)C(C)C. The Balaban J connectivity index is 4.88. The molecule has 0 radical (unpaired) electrons. The Bertz CT molecular complexity index is 250. The fourth-order valence-electron chi connectivity index (χ4n) is 3.43. The molecule has 0 fully saturated rings. The predicted octanol–water partition coefficient (Wildman–Crippen LogP) is 4.75. The van der Waals surface area contributed by atoms with E-state index in [1.807, 2.05) is 6.92 Å². The standard InChI is InChI=1S/C16H34O2Si/c1-12(2)9-16(10-17)11-18-19(13(3)4,14(5)6)15(7)8/h13-17H,1,9-11H2,2-8H3. The number of allylic oxidation sites excluding steroid dienone is 1. The van der Waals surface area contributed by atoms with E-state index in [2.05, 4.69) is 48.1 Å². The lowest BCUT2D eigenvalue weighted by atomic mass is 10.0. The Labute approximate surface area is 121 Å². The Morgan fingerprint density at radius 2 is 1.47 bits per heavy atom. The van der Waals surface area contributed by atoms with Crippen LogP contribution in [0.2, 0.25) is 16.6 Å². The summed E-state index contributed by atoms with van der Waals surface area (Å²) in [5.74, 6) is 0.195. The summed E-state index contributed by atoms with van der Waals surface area (Å²) in [6.07, 6.45) is 0.856. The van der Waals surface area contributed by atoms with E-state index in [0.717, 1.165) is 12.0 Å². The molecular weight excluding hydrogens is 252 g/mol. The van der Waals surface area contributed by atoms with Gasteiger partial charge in [0.1, 0.15) is 0 Å². The van der Waals surface area contributed by atoms with Crippen molar-refractivity contribution in [2.75, 3.05) is 13.2 Å². The normalized spacial score (nSPS) is 14.5. The molecule has 1 atom stereocenters. The molecule has 0 aliphatic rings. The van der Waals surface area contributed by atoms with E-state index in [-0.39, 0.29) is 12.5 Å². The highest BCUT2D eigenvalue weighted by molar-refractivity contribution is 6.77. The van der Waals surface area contributed by atoms with Crippen LogP contribution < -0.4 is 0 Å². The van der Waals surface area contributed by atoms with Gasteiger partial charge < -0.3 is 9.53 Å². The zero-order valence-corrected chi connectivity index (χ0v) is 15.0. The predicted molar refractivity (Wildman–Crippen MR) is 87.0 cm³/mol. The van der Waals surface area contributed by atoms with Crippen molar-refractivity contribution >= 4 is 8.32 Å². The Morgan fingerprint density at radius 3 is 1.74 bits per heavy atom. The smallest absolute Gasteiger partial charge is 0.200 e. The summed E-state index contributed by atoms with van der Waals surface area (Å²) >= 11 is 0. The molecule has 1 unspecified atom stereocenters. The molecule has 0 bridgehead atoms. The maximum Gasteiger partial charge on any atom is 0.200 e. The van der Waals surface area contributed by atoms with E-state index in [0.29, 0.717) is 23.2 Å². The zero-order valence-electron chi connectivity index (χ0n) is 14.0. The minimum Gasteiger partial charge on any atom is -0.416 e. The molecule has 0 saturated carbocycles. The van der Waals surface area contributed by atoms with Crippen LogP contribution in [-0.2, 0) is 4.43 Å². The number of hydrogen-bond acceptors (Lipinski definition) is 2. The molecule has 0 saturated heterocycles. The molecular formula is C16H34O2Si. The monoisotopic (exact) mass is 286 g/mol. The molecule has 0 aliphatic heterocycles. The molecule has 0 rings (SSSR count). The highest BCUT2D eigenvalue weighted by atomic mass is 28.4. The second kappa shape index (κ2) is 8.23. The van der Waals surface area contributed by atoms with Crippen molar-refractivity contribution in [2.24, 2.45) is 5.92 Å². The molecule has 0 amide bonds. The Kier molecular flexibility index (Phi) is 8.17. The quantitative estimate of drug-likeness (QED) is 0.489. The molecule has 0 aromatic rings. The highest BCUT2D eigenvalue weighted by Gasteiger charge is 2.45. The van der Waals surface area contributed by atoms with Crippen LogP contribution in [0.1, 0.15) is 54.9 Å². The summed E-state index contributed by atoms with van der Waals surface area (Å²) < 4.78 is 6.51. The van der Waals surface area contributed by atoms with Crippen molar-refractivity contribution in [1.29, 1.82) is 0 Å². The summed E-state index contributed by atoms with van der Waals surface area (Å²) in [6.45, 7) is 20.6. The van der Waals surface area contributed by atoms with Crippen molar-refractivity contribution in [1.82, 2.24) is 0 Å².